The molecule has 0 aliphatic rings. The maximum Gasteiger partial charge on any atom is 0.326 e. The van der Waals surface area contributed by atoms with Gasteiger partial charge in [0.1, 0.15) is 23.9 Å². The van der Waals surface area contributed by atoms with Gasteiger partial charge in [0.2, 0.25) is 23.6 Å². The average Bonchev–Trinajstić information content (AvgIpc) is 2.84. The lowest BCUT2D eigenvalue weighted by Gasteiger charge is -2.28. The number of aliphatic carboxylic acids is 1. The van der Waals surface area contributed by atoms with Crippen LogP contribution in [0.25, 0.3) is 0 Å². The third-order valence-corrected chi connectivity index (χ3v) is 6.44. The van der Waals surface area contributed by atoms with Crippen molar-refractivity contribution in [3.8, 4) is 5.75 Å². The van der Waals surface area contributed by atoms with Crippen LogP contribution in [-0.4, -0.2) is 76.0 Å². The molecule has 37 heavy (non-hydrogen) atoms. The van der Waals surface area contributed by atoms with Crippen molar-refractivity contribution in [3.63, 3.8) is 0 Å². The summed E-state index contributed by atoms with van der Waals surface area (Å²) in [7, 11) is 0. The highest BCUT2D eigenvalue weighted by molar-refractivity contribution is 7.98. The van der Waals surface area contributed by atoms with Crippen molar-refractivity contribution >= 4 is 41.4 Å². The first-order valence-corrected chi connectivity index (χ1v) is 13.2. The lowest BCUT2D eigenvalue weighted by atomic mass is 9.96. The predicted molar refractivity (Wildman–Crippen MR) is 139 cm³/mol. The fourth-order valence-corrected chi connectivity index (χ4v) is 3.84. The smallest absolute Gasteiger partial charge is 0.326 e. The molecule has 0 spiro atoms. The van der Waals surface area contributed by atoms with E-state index < -0.39 is 60.2 Å². The zero-order valence-electron chi connectivity index (χ0n) is 21.2. The fraction of sp³-hybridized carbons (Fsp3) is 0.542. The summed E-state index contributed by atoms with van der Waals surface area (Å²) in [5, 5.41) is 26.4. The summed E-state index contributed by atoms with van der Waals surface area (Å²) >= 11 is 1.54. The molecule has 0 aromatic heterocycles. The Bertz CT molecular complexity index is 944. The van der Waals surface area contributed by atoms with E-state index in [0.29, 0.717) is 24.2 Å². The van der Waals surface area contributed by atoms with Crippen LogP contribution in [0.5, 0.6) is 5.75 Å². The topological polar surface area (TPSA) is 214 Å². The van der Waals surface area contributed by atoms with E-state index in [1.165, 1.54) is 23.9 Å². The molecule has 0 radical (unpaired) electrons. The maximum atomic E-state index is 13.3. The summed E-state index contributed by atoms with van der Waals surface area (Å²) in [6.07, 6.45) is 2.14. The Hall–Kier alpha value is -3.32. The van der Waals surface area contributed by atoms with Crippen LogP contribution in [-0.2, 0) is 30.4 Å². The second kappa shape index (κ2) is 15.7. The largest absolute Gasteiger partial charge is 0.508 e. The lowest BCUT2D eigenvalue weighted by molar-refractivity contribution is -0.143. The highest BCUT2D eigenvalue weighted by Crippen LogP contribution is 2.14. The number of thioether (sulfide) groups is 1. The van der Waals surface area contributed by atoms with E-state index in [0.717, 1.165) is 0 Å². The highest BCUT2D eigenvalue weighted by atomic mass is 32.2. The van der Waals surface area contributed by atoms with Crippen LogP contribution in [0.3, 0.4) is 0 Å². The van der Waals surface area contributed by atoms with Crippen LogP contribution < -0.4 is 27.4 Å². The van der Waals surface area contributed by atoms with Crippen molar-refractivity contribution in [2.45, 2.75) is 63.7 Å². The molecule has 0 aliphatic heterocycles. The summed E-state index contributed by atoms with van der Waals surface area (Å²) in [6, 6.07) is 1.21. The van der Waals surface area contributed by atoms with Gasteiger partial charge in [-0.1, -0.05) is 32.4 Å². The van der Waals surface area contributed by atoms with Gasteiger partial charge in [0, 0.05) is 6.42 Å². The molecular weight excluding hydrogens is 502 g/mol. The van der Waals surface area contributed by atoms with Gasteiger partial charge < -0.3 is 37.6 Å². The van der Waals surface area contributed by atoms with Gasteiger partial charge in [0.15, 0.2) is 0 Å². The van der Waals surface area contributed by atoms with Gasteiger partial charge in [-0.25, -0.2) is 4.79 Å². The van der Waals surface area contributed by atoms with E-state index in [2.05, 4.69) is 16.0 Å². The number of hydrogen-bond donors (Lipinski definition) is 7. The van der Waals surface area contributed by atoms with Crippen LogP contribution in [0, 0.1) is 5.92 Å². The second-order valence-electron chi connectivity index (χ2n) is 8.76. The summed E-state index contributed by atoms with van der Waals surface area (Å²) < 4.78 is 0. The molecule has 0 saturated heterocycles. The Balaban J connectivity index is 3.17. The number of nitrogens with one attached hydrogen (secondary N) is 3. The lowest BCUT2D eigenvalue weighted by Crippen LogP contribution is -2.59. The van der Waals surface area contributed by atoms with Gasteiger partial charge in [-0.05, 0) is 42.0 Å². The summed E-state index contributed by atoms with van der Waals surface area (Å²) in [6.45, 7) is 3.60. The second-order valence-corrected chi connectivity index (χ2v) is 9.75. The van der Waals surface area contributed by atoms with E-state index in [1.54, 1.807) is 19.1 Å². The standard InChI is InChI=1S/C24H37N5O7S/c1-4-13(2)20(29-21(32)16(25)9-10-37-3)23(34)27-17(11-14-5-7-15(30)8-6-14)22(33)28-18(24(35)36)12-19(26)31/h5-8,13,16-18,20,30H,4,9-12,25H2,1-3H3,(H2,26,31)(H,27,34)(H,28,33)(H,29,32)(H,35,36). The Kier molecular flexibility index (Phi) is 13.5. The molecule has 4 amide bonds. The number of phenols is 1. The van der Waals surface area contributed by atoms with Gasteiger partial charge in [-0.3, -0.25) is 19.2 Å². The highest BCUT2D eigenvalue weighted by Gasteiger charge is 2.33. The number of primary amides is 1. The summed E-state index contributed by atoms with van der Waals surface area (Å²) in [4.78, 5) is 61.7. The molecule has 206 valence electrons. The van der Waals surface area contributed by atoms with Crippen molar-refractivity contribution in [2.24, 2.45) is 17.4 Å². The van der Waals surface area contributed by atoms with Crippen molar-refractivity contribution in [3.05, 3.63) is 29.8 Å². The molecule has 0 fully saturated rings. The molecule has 0 bridgehead atoms. The van der Waals surface area contributed by atoms with Crippen molar-refractivity contribution in [1.82, 2.24) is 16.0 Å². The van der Waals surface area contributed by atoms with E-state index in [1.807, 2.05) is 13.2 Å². The zero-order valence-corrected chi connectivity index (χ0v) is 22.0. The number of rotatable bonds is 16. The Morgan fingerprint density at radius 3 is 2.08 bits per heavy atom. The number of hydrogen-bond acceptors (Lipinski definition) is 8. The van der Waals surface area contributed by atoms with Gasteiger partial charge in [-0.2, -0.15) is 11.8 Å². The number of phenolic OH excluding ortho intramolecular Hbond substituents is 1. The van der Waals surface area contributed by atoms with Crippen LogP contribution in [0.1, 0.15) is 38.7 Å². The number of carboxylic acids is 1. The zero-order chi connectivity index (χ0) is 28.1. The van der Waals surface area contributed by atoms with Gasteiger partial charge in [0.25, 0.3) is 0 Å². The van der Waals surface area contributed by atoms with Crippen LogP contribution in [0.4, 0.5) is 0 Å². The number of carbonyl (C=O) groups excluding carboxylic acids is 4. The quantitative estimate of drug-likeness (QED) is 0.144. The monoisotopic (exact) mass is 539 g/mol. The number of carboxylic acid groups (broad SMARTS) is 1. The number of nitrogens with two attached hydrogens (primary N) is 2. The molecule has 5 atom stereocenters. The molecule has 9 N–H and O–H groups in total. The van der Waals surface area contributed by atoms with Crippen molar-refractivity contribution in [2.75, 3.05) is 12.0 Å². The minimum Gasteiger partial charge on any atom is -0.508 e. The molecule has 1 rings (SSSR count). The first-order valence-electron chi connectivity index (χ1n) is 11.8. The Morgan fingerprint density at radius 1 is 0.973 bits per heavy atom. The third kappa shape index (κ3) is 11.1. The molecule has 13 heteroatoms. The molecule has 0 aliphatic carbocycles. The van der Waals surface area contributed by atoms with E-state index >= 15 is 0 Å². The SMILES string of the molecule is CCC(C)C(NC(=O)C(N)CCSC)C(=O)NC(Cc1ccc(O)cc1)C(=O)NC(CC(N)=O)C(=O)O. The van der Waals surface area contributed by atoms with Crippen LogP contribution >= 0.6 is 11.8 Å². The van der Waals surface area contributed by atoms with Crippen molar-refractivity contribution < 1.29 is 34.2 Å². The minimum absolute atomic E-state index is 0.00135. The summed E-state index contributed by atoms with van der Waals surface area (Å²) in [5.41, 5.74) is 11.6. The van der Waals surface area contributed by atoms with Gasteiger partial charge in [-0.15, -0.1) is 0 Å². The molecule has 0 saturated carbocycles. The molecular formula is C24H37N5O7S. The molecule has 5 unspecified atom stereocenters. The number of aromatic hydroxyl groups is 1. The molecule has 0 heterocycles. The number of carbonyl (C=O) groups is 5. The Labute approximate surface area is 220 Å². The first-order chi connectivity index (χ1) is 17.4. The number of benzene rings is 1. The van der Waals surface area contributed by atoms with E-state index in [-0.39, 0.29) is 18.1 Å². The van der Waals surface area contributed by atoms with Gasteiger partial charge >= 0.3 is 5.97 Å². The third-order valence-electron chi connectivity index (χ3n) is 5.79. The normalized spacial score (nSPS) is 14.9. The van der Waals surface area contributed by atoms with Crippen LogP contribution in [0.2, 0.25) is 0 Å². The average molecular weight is 540 g/mol. The maximum absolute atomic E-state index is 13.3. The fourth-order valence-electron chi connectivity index (χ4n) is 3.35. The van der Waals surface area contributed by atoms with Crippen LogP contribution in [0.15, 0.2) is 24.3 Å². The molecule has 1 aromatic carbocycles. The Morgan fingerprint density at radius 2 is 1.57 bits per heavy atom. The van der Waals surface area contributed by atoms with Crippen molar-refractivity contribution in [1.29, 1.82) is 0 Å². The summed E-state index contributed by atoms with van der Waals surface area (Å²) in [5.74, 6) is -4.05. The van der Waals surface area contributed by atoms with Gasteiger partial charge in [0.05, 0.1) is 12.5 Å². The van der Waals surface area contributed by atoms with E-state index in [4.69, 9.17) is 11.5 Å². The van der Waals surface area contributed by atoms with E-state index in [9.17, 15) is 34.2 Å². The number of amides is 4. The molecule has 12 nitrogen and oxygen atoms in total. The first kappa shape index (κ1) is 31.7. The molecule has 1 aromatic rings. The minimum atomic E-state index is -1.59. The predicted octanol–water partition coefficient (Wildman–Crippen LogP) is -0.524.